The SMILES string of the molecule is O=C(Nn1nc(-c2cccc(Cl)c2)cc1C(=O)O)c1cccc([N+](=O)[O-])c1. The Kier molecular flexibility index (Phi) is 4.86. The maximum absolute atomic E-state index is 12.4. The first-order valence-corrected chi connectivity index (χ1v) is 7.88. The van der Waals surface area contributed by atoms with Crippen LogP contribution in [0.2, 0.25) is 5.02 Å². The fourth-order valence-electron chi connectivity index (χ4n) is 2.33. The van der Waals surface area contributed by atoms with Crippen molar-refractivity contribution >= 4 is 29.2 Å². The highest BCUT2D eigenvalue weighted by atomic mass is 35.5. The fourth-order valence-corrected chi connectivity index (χ4v) is 2.52. The van der Waals surface area contributed by atoms with Crippen LogP contribution in [0.3, 0.4) is 0 Å². The Morgan fingerprint density at radius 1 is 1.15 bits per heavy atom. The second-order valence-corrected chi connectivity index (χ2v) is 5.83. The monoisotopic (exact) mass is 386 g/mol. The van der Waals surface area contributed by atoms with E-state index < -0.39 is 16.8 Å². The number of hydrogen-bond acceptors (Lipinski definition) is 5. The molecule has 0 bridgehead atoms. The molecule has 136 valence electrons. The summed E-state index contributed by atoms with van der Waals surface area (Å²) in [5, 5.41) is 24.7. The van der Waals surface area contributed by atoms with E-state index in [4.69, 9.17) is 11.6 Å². The molecule has 2 aromatic carbocycles. The van der Waals surface area contributed by atoms with Gasteiger partial charge in [0.2, 0.25) is 0 Å². The quantitative estimate of drug-likeness (QED) is 0.512. The number of carbonyl (C=O) groups excluding carboxylic acids is 1. The Bertz CT molecular complexity index is 1060. The van der Waals surface area contributed by atoms with Crippen molar-refractivity contribution < 1.29 is 19.6 Å². The van der Waals surface area contributed by atoms with Crippen molar-refractivity contribution in [2.45, 2.75) is 0 Å². The van der Waals surface area contributed by atoms with Crippen LogP contribution >= 0.6 is 11.6 Å². The number of carboxylic acids is 1. The molecular weight excluding hydrogens is 376 g/mol. The minimum Gasteiger partial charge on any atom is -0.476 e. The molecule has 0 atom stereocenters. The van der Waals surface area contributed by atoms with Crippen molar-refractivity contribution in [3.8, 4) is 11.3 Å². The van der Waals surface area contributed by atoms with Crippen molar-refractivity contribution in [2.75, 3.05) is 5.43 Å². The molecule has 0 aliphatic carbocycles. The zero-order valence-corrected chi connectivity index (χ0v) is 14.3. The second kappa shape index (κ2) is 7.26. The molecule has 0 aliphatic heterocycles. The van der Waals surface area contributed by atoms with E-state index in [1.54, 1.807) is 24.3 Å². The highest BCUT2D eigenvalue weighted by Gasteiger charge is 2.19. The number of nitro benzene ring substituents is 1. The lowest BCUT2D eigenvalue weighted by molar-refractivity contribution is -0.384. The van der Waals surface area contributed by atoms with Crippen LogP contribution in [0, 0.1) is 10.1 Å². The van der Waals surface area contributed by atoms with Gasteiger partial charge in [0, 0.05) is 34.3 Å². The summed E-state index contributed by atoms with van der Waals surface area (Å²) in [7, 11) is 0. The number of rotatable bonds is 5. The summed E-state index contributed by atoms with van der Waals surface area (Å²) in [6.45, 7) is 0. The van der Waals surface area contributed by atoms with Gasteiger partial charge in [0.05, 0.1) is 10.6 Å². The molecule has 10 heteroatoms. The van der Waals surface area contributed by atoms with Crippen LogP contribution in [-0.4, -0.2) is 31.8 Å². The molecule has 0 radical (unpaired) electrons. The number of hydrogen-bond donors (Lipinski definition) is 2. The number of non-ortho nitro benzene ring substituents is 1. The number of halogens is 1. The van der Waals surface area contributed by atoms with Gasteiger partial charge in [-0.15, -0.1) is 0 Å². The van der Waals surface area contributed by atoms with Gasteiger partial charge >= 0.3 is 5.97 Å². The van der Waals surface area contributed by atoms with Crippen molar-refractivity contribution in [3.63, 3.8) is 0 Å². The van der Waals surface area contributed by atoms with Crippen molar-refractivity contribution in [1.29, 1.82) is 0 Å². The third-order valence-electron chi connectivity index (χ3n) is 3.58. The molecular formula is C17H11ClN4O5. The highest BCUT2D eigenvalue weighted by Crippen LogP contribution is 2.22. The smallest absolute Gasteiger partial charge is 0.356 e. The van der Waals surface area contributed by atoms with E-state index in [1.165, 1.54) is 24.3 Å². The third kappa shape index (κ3) is 3.93. The Labute approximate surface area is 156 Å². The number of nitrogens with zero attached hydrogens (tertiary/aromatic N) is 3. The van der Waals surface area contributed by atoms with E-state index in [0.717, 1.165) is 10.9 Å². The average Bonchev–Trinajstić information content (AvgIpc) is 3.06. The highest BCUT2D eigenvalue weighted by molar-refractivity contribution is 6.30. The first kappa shape index (κ1) is 18.1. The van der Waals surface area contributed by atoms with E-state index in [0.29, 0.717) is 10.6 Å². The first-order valence-electron chi connectivity index (χ1n) is 7.50. The minimum atomic E-state index is -1.31. The number of carbonyl (C=O) groups is 2. The number of nitro groups is 1. The van der Waals surface area contributed by atoms with Crippen LogP contribution in [0.1, 0.15) is 20.8 Å². The average molecular weight is 387 g/mol. The van der Waals surface area contributed by atoms with E-state index in [-0.39, 0.29) is 22.6 Å². The molecule has 1 aromatic heterocycles. The van der Waals surface area contributed by atoms with Gasteiger partial charge < -0.3 is 5.11 Å². The Hall–Kier alpha value is -3.72. The van der Waals surface area contributed by atoms with E-state index in [2.05, 4.69) is 10.5 Å². The molecule has 0 aliphatic rings. The van der Waals surface area contributed by atoms with E-state index >= 15 is 0 Å². The van der Waals surface area contributed by atoms with Gasteiger partial charge in [-0.3, -0.25) is 14.9 Å². The number of aromatic carboxylic acids is 1. The molecule has 2 N–H and O–H groups in total. The molecule has 1 heterocycles. The Morgan fingerprint density at radius 3 is 2.56 bits per heavy atom. The lowest BCUT2D eigenvalue weighted by Crippen LogP contribution is -2.27. The number of aromatic nitrogens is 2. The second-order valence-electron chi connectivity index (χ2n) is 5.39. The summed E-state index contributed by atoms with van der Waals surface area (Å²) in [6, 6.07) is 12.9. The molecule has 0 fully saturated rings. The van der Waals surface area contributed by atoms with Gasteiger partial charge in [0.25, 0.3) is 11.6 Å². The number of benzene rings is 2. The van der Waals surface area contributed by atoms with Gasteiger partial charge in [-0.25, -0.2) is 10.2 Å². The topological polar surface area (TPSA) is 127 Å². The van der Waals surface area contributed by atoms with Gasteiger partial charge in [0.1, 0.15) is 0 Å². The minimum absolute atomic E-state index is 0.0136. The summed E-state index contributed by atoms with van der Waals surface area (Å²) in [6.07, 6.45) is 0. The molecule has 0 saturated heterocycles. The lowest BCUT2D eigenvalue weighted by Gasteiger charge is -2.07. The summed E-state index contributed by atoms with van der Waals surface area (Å²) >= 11 is 5.93. The van der Waals surface area contributed by atoms with Gasteiger partial charge in [-0.1, -0.05) is 29.8 Å². The molecule has 27 heavy (non-hydrogen) atoms. The van der Waals surface area contributed by atoms with Gasteiger partial charge in [-0.05, 0) is 18.2 Å². The molecule has 1 amide bonds. The van der Waals surface area contributed by atoms with Crippen LogP contribution in [0.5, 0.6) is 0 Å². The van der Waals surface area contributed by atoms with E-state index in [9.17, 15) is 24.8 Å². The molecule has 0 spiro atoms. The lowest BCUT2D eigenvalue weighted by atomic mass is 10.1. The third-order valence-corrected chi connectivity index (χ3v) is 3.81. The predicted molar refractivity (Wildman–Crippen MR) is 96.4 cm³/mol. The molecule has 0 unspecified atom stereocenters. The zero-order valence-electron chi connectivity index (χ0n) is 13.5. The Balaban J connectivity index is 1.94. The summed E-state index contributed by atoms with van der Waals surface area (Å²) < 4.78 is 0. The van der Waals surface area contributed by atoms with E-state index in [1.807, 2.05) is 0 Å². The fraction of sp³-hybridized carbons (Fsp3) is 0. The molecule has 9 nitrogen and oxygen atoms in total. The van der Waals surface area contributed by atoms with Gasteiger partial charge in [-0.2, -0.15) is 9.89 Å². The van der Waals surface area contributed by atoms with Crippen LogP contribution in [-0.2, 0) is 0 Å². The van der Waals surface area contributed by atoms with Crippen molar-refractivity contribution in [1.82, 2.24) is 9.89 Å². The number of nitrogens with one attached hydrogen (secondary N) is 1. The summed E-state index contributed by atoms with van der Waals surface area (Å²) in [4.78, 5) is 34.8. The molecule has 3 rings (SSSR count). The maximum atomic E-state index is 12.4. The zero-order chi connectivity index (χ0) is 19.6. The summed E-state index contributed by atoms with van der Waals surface area (Å²) in [5.74, 6) is -2.06. The van der Waals surface area contributed by atoms with Crippen molar-refractivity contribution in [3.05, 3.63) is 81.0 Å². The van der Waals surface area contributed by atoms with Crippen LogP contribution in [0.4, 0.5) is 5.69 Å². The molecule has 0 saturated carbocycles. The number of amides is 1. The predicted octanol–water partition coefficient (Wildman–Crippen LogP) is 3.19. The largest absolute Gasteiger partial charge is 0.476 e. The Morgan fingerprint density at radius 2 is 1.89 bits per heavy atom. The van der Waals surface area contributed by atoms with Crippen LogP contribution in [0.15, 0.2) is 54.6 Å². The van der Waals surface area contributed by atoms with Gasteiger partial charge in [0.15, 0.2) is 5.69 Å². The molecule has 3 aromatic rings. The van der Waals surface area contributed by atoms with Crippen molar-refractivity contribution in [2.24, 2.45) is 0 Å². The first-order chi connectivity index (χ1) is 12.8. The maximum Gasteiger partial charge on any atom is 0.356 e. The van der Waals surface area contributed by atoms with Crippen LogP contribution in [0.25, 0.3) is 11.3 Å². The van der Waals surface area contributed by atoms with Crippen LogP contribution < -0.4 is 5.43 Å². The number of carboxylic acid groups (broad SMARTS) is 1. The normalized spacial score (nSPS) is 10.4. The summed E-state index contributed by atoms with van der Waals surface area (Å²) in [5.41, 5.74) is 2.59. The standard InChI is InChI=1S/C17H11ClN4O5/c18-12-5-1-3-10(7-12)14-9-15(17(24)25)21(19-14)20-16(23)11-4-2-6-13(8-11)22(26)27/h1-9H,(H,20,23)(H,24,25).